The normalized spacial score (nSPS) is 26.3. The number of carbonyl (C=O) groups excluding carboxylic acids is 1. The fourth-order valence-corrected chi connectivity index (χ4v) is 3.26. The van der Waals surface area contributed by atoms with Gasteiger partial charge in [0, 0.05) is 12.5 Å². The van der Waals surface area contributed by atoms with Crippen molar-refractivity contribution >= 4 is 43.8 Å². The third-order valence-corrected chi connectivity index (χ3v) is 5.05. The molecule has 1 fully saturated rings. The van der Waals surface area contributed by atoms with Crippen LogP contribution < -0.4 is 16.8 Å². The highest BCUT2D eigenvalue weighted by atomic mass is 35.5. The van der Waals surface area contributed by atoms with Crippen LogP contribution in [0.2, 0.25) is 6.32 Å². The lowest BCUT2D eigenvalue weighted by Gasteiger charge is -2.41. The average Bonchev–Trinajstić information content (AvgIpc) is 2.50. The maximum Gasteiger partial charge on any atom is 0.451 e. The highest BCUT2D eigenvalue weighted by Gasteiger charge is 2.47. The number of nitrogens with one attached hydrogen (secondary N) is 1. The largest absolute Gasteiger partial charge is 0.480 e. The Kier molecular flexibility index (Phi) is 12.8. The van der Waals surface area contributed by atoms with Gasteiger partial charge in [0.1, 0.15) is 5.54 Å². The highest BCUT2D eigenvalue weighted by Crippen LogP contribution is 2.38. The smallest absolute Gasteiger partial charge is 0.451 e. The second-order valence-corrected chi connectivity index (χ2v) is 7.26. The molecule has 0 bridgehead atoms. The topological polar surface area (TPSA) is 159 Å². The highest BCUT2D eigenvalue weighted by molar-refractivity contribution is 6.40. The molecule has 11 heteroatoms. The number of amides is 1. The Morgan fingerprint density at radius 2 is 1.85 bits per heavy atom. The number of carbonyl (C=O) groups is 2. The first-order valence-electron chi connectivity index (χ1n) is 8.49. The number of rotatable bonds is 8. The van der Waals surface area contributed by atoms with Crippen molar-refractivity contribution in [2.24, 2.45) is 29.2 Å². The van der Waals surface area contributed by atoms with E-state index in [1.807, 2.05) is 13.8 Å². The van der Waals surface area contributed by atoms with E-state index in [-0.39, 0.29) is 67.8 Å². The third-order valence-electron chi connectivity index (χ3n) is 5.05. The van der Waals surface area contributed by atoms with Crippen LogP contribution in [-0.4, -0.2) is 52.3 Å². The Hall–Kier alpha value is -0.575. The van der Waals surface area contributed by atoms with E-state index in [1.54, 1.807) is 0 Å². The second kappa shape index (κ2) is 12.0. The van der Waals surface area contributed by atoms with Gasteiger partial charge in [-0.15, -0.1) is 24.8 Å². The minimum Gasteiger partial charge on any atom is -0.480 e. The van der Waals surface area contributed by atoms with Gasteiger partial charge in [-0.05, 0) is 37.4 Å². The standard InChI is InChI=1S/C15H30BN3O5.2ClH/c1-9(2)12(17)13(20)19-8-11-4-3-10(5-6-16(23)24)7-15(11,18)14(21)22;;/h9-12,23-24H,3-8,17-18H2,1-2H3,(H,19,20)(H,21,22);2*1H/t10-,11-,12+,15+;;/m0../s1. The summed E-state index contributed by atoms with van der Waals surface area (Å²) in [5.41, 5.74) is 10.5. The molecule has 1 rings (SSSR count). The van der Waals surface area contributed by atoms with E-state index in [4.69, 9.17) is 21.5 Å². The van der Waals surface area contributed by atoms with Gasteiger partial charge in [0.15, 0.2) is 0 Å². The van der Waals surface area contributed by atoms with E-state index in [2.05, 4.69) is 5.32 Å². The Morgan fingerprint density at radius 1 is 1.27 bits per heavy atom. The fraction of sp³-hybridized carbons (Fsp3) is 0.867. The van der Waals surface area contributed by atoms with Gasteiger partial charge >= 0.3 is 13.1 Å². The summed E-state index contributed by atoms with van der Waals surface area (Å²) in [5.74, 6) is -1.76. The summed E-state index contributed by atoms with van der Waals surface area (Å²) in [4.78, 5) is 23.7. The van der Waals surface area contributed by atoms with Crippen molar-refractivity contribution in [1.82, 2.24) is 5.32 Å². The van der Waals surface area contributed by atoms with Gasteiger partial charge in [0.05, 0.1) is 6.04 Å². The van der Waals surface area contributed by atoms with Gasteiger partial charge in [0.2, 0.25) is 5.91 Å². The van der Waals surface area contributed by atoms with Crippen molar-refractivity contribution in [2.75, 3.05) is 6.54 Å². The summed E-state index contributed by atoms with van der Waals surface area (Å²) >= 11 is 0. The van der Waals surface area contributed by atoms with Crippen LogP contribution in [0, 0.1) is 17.8 Å². The van der Waals surface area contributed by atoms with Gasteiger partial charge in [-0.2, -0.15) is 0 Å². The predicted octanol–water partition coefficient (Wildman–Crippen LogP) is -0.00920. The van der Waals surface area contributed by atoms with Crippen molar-refractivity contribution < 1.29 is 24.7 Å². The van der Waals surface area contributed by atoms with Crippen molar-refractivity contribution in [1.29, 1.82) is 0 Å². The van der Waals surface area contributed by atoms with Gasteiger partial charge in [-0.1, -0.05) is 20.3 Å². The lowest BCUT2D eigenvalue weighted by molar-refractivity contribution is -0.148. The number of hydrogen-bond acceptors (Lipinski definition) is 6. The number of aliphatic carboxylic acids is 1. The van der Waals surface area contributed by atoms with Gasteiger partial charge in [-0.3, -0.25) is 9.59 Å². The number of nitrogens with two attached hydrogens (primary N) is 2. The summed E-state index contributed by atoms with van der Waals surface area (Å²) in [6, 6.07) is -0.635. The molecule has 154 valence electrons. The van der Waals surface area contributed by atoms with Crippen molar-refractivity contribution in [3.8, 4) is 0 Å². The Labute approximate surface area is 167 Å². The van der Waals surface area contributed by atoms with E-state index in [0.717, 1.165) is 6.42 Å². The zero-order valence-electron chi connectivity index (χ0n) is 15.3. The quantitative estimate of drug-likeness (QED) is 0.304. The molecule has 0 radical (unpaired) electrons. The van der Waals surface area contributed by atoms with Gasteiger partial charge in [0.25, 0.3) is 0 Å². The van der Waals surface area contributed by atoms with Crippen LogP contribution in [0.3, 0.4) is 0 Å². The lowest BCUT2D eigenvalue weighted by Crippen LogP contribution is -2.60. The summed E-state index contributed by atoms with van der Waals surface area (Å²) in [5, 5.41) is 30.2. The predicted molar refractivity (Wildman–Crippen MR) is 105 cm³/mol. The van der Waals surface area contributed by atoms with Crippen molar-refractivity contribution in [3.05, 3.63) is 0 Å². The Bertz CT molecular complexity index is 459. The maximum atomic E-state index is 12.0. The molecule has 1 saturated carbocycles. The molecule has 0 saturated heterocycles. The molecule has 0 aliphatic heterocycles. The summed E-state index contributed by atoms with van der Waals surface area (Å²) in [6.45, 7) is 3.86. The molecule has 0 aromatic rings. The van der Waals surface area contributed by atoms with Crippen LogP contribution in [0.1, 0.15) is 39.5 Å². The molecule has 8 N–H and O–H groups in total. The summed E-state index contributed by atoms with van der Waals surface area (Å²) in [6.07, 6.45) is 2.28. The molecule has 1 aliphatic carbocycles. The fourth-order valence-electron chi connectivity index (χ4n) is 3.26. The van der Waals surface area contributed by atoms with Crippen LogP contribution in [0.4, 0.5) is 0 Å². The summed E-state index contributed by atoms with van der Waals surface area (Å²) < 4.78 is 0. The molecule has 0 aromatic heterocycles. The third kappa shape index (κ3) is 7.58. The molecular weight excluding hydrogens is 384 g/mol. The maximum absolute atomic E-state index is 12.0. The summed E-state index contributed by atoms with van der Waals surface area (Å²) in [7, 11) is -1.39. The molecule has 4 atom stereocenters. The number of hydrogen-bond donors (Lipinski definition) is 6. The molecule has 0 unspecified atom stereocenters. The van der Waals surface area contributed by atoms with E-state index >= 15 is 0 Å². The Morgan fingerprint density at radius 3 is 2.31 bits per heavy atom. The first-order chi connectivity index (χ1) is 11.1. The second-order valence-electron chi connectivity index (χ2n) is 7.26. The van der Waals surface area contributed by atoms with Crippen LogP contribution in [0.15, 0.2) is 0 Å². The minimum absolute atomic E-state index is 0. The molecule has 0 aromatic carbocycles. The molecule has 1 aliphatic rings. The molecular formula is C15H32BCl2N3O5. The van der Waals surface area contributed by atoms with Gasteiger partial charge in [-0.25, -0.2) is 0 Å². The van der Waals surface area contributed by atoms with Crippen molar-refractivity contribution in [2.45, 2.75) is 57.4 Å². The zero-order valence-corrected chi connectivity index (χ0v) is 16.9. The molecule has 8 nitrogen and oxygen atoms in total. The van der Waals surface area contributed by atoms with Gasteiger partial charge < -0.3 is 31.9 Å². The minimum atomic E-state index is -1.43. The van der Waals surface area contributed by atoms with Crippen LogP contribution in [-0.2, 0) is 9.59 Å². The number of carboxylic acids is 1. The SMILES string of the molecule is CC(C)[C@@H](N)C(=O)NC[C@@H]1CC[C@@H](CCB(O)O)C[C@]1(N)C(=O)O.Cl.Cl. The number of carboxylic acid groups (broad SMARTS) is 1. The van der Waals surface area contributed by atoms with Crippen LogP contribution in [0.5, 0.6) is 0 Å². The van der Waals surface area contributed by atoms with E-state index in [9.17, 15) is 14.7 Å². The molecule has 0 spiro atoms. The molecule has 26 heavy (non-hydrogen) atoms. The lowest BCUT2D eigenvalue weighted by atomic mass is 9.66. The first-order valence-corrected chi connectivity index (χ1v) is 8.49. The monoisotopic (exact) mass is 415 g/mol. The Balaban J connectivity index is 0. The van der Waals surface area contributed by atoms with E-state index in [1.165, 1.54) is 0 Å². The van der Waals surface area contributed by atoms with Crippen LogP contribution >= 0.6 is 24.8 Å². The zero-order chi connectivity index (χ0) is 18.5. The average molecular weight is 416 g/mol. The van der Waals surface area contributed by atoms with Crippen molar-refractivity contribution in [3.63, 3.8) is 0 Å². The van der Waals surface area contributed by atoms with E-state index in [0.29, 0.717) is 12.8 Å². The number of halogens is 2. The first kappa shape index (κ1) is 27.6. The van der Waals surface area contributed by atoms with Crippen LogP contribution in [0.25, 0.3) is 0 Å². The van der Waals surface area contributed by atoms with E-state index < -0.39 is 24.7 Å². The molecule has 1 amide bonds. The molecule has 0 heterocycles.